The van der Waals surface area contributed by atoms with Gasteiger partial charge in [0.05, 0.1) is 6.61 Å². The summed E-state index contributed by atoms with van der Waals surface area (Å²) in [6.07, 6.45) is 4.62. The number of aliphatic carboxylic acids is 1. The summed E-state index contributed by atoms with van der Waals surface area (Å²) in [7, 11) is 0. The zero-order chi connectivity index (χ0) is 17.6. The van der Waals surface area contributed by atoms with E-state index in [9.17, 15) is 9.59 Å². The molecule has 1 aliphatic rings. The Morgan fingerprint density at radius 1 is 1.21 bits per heavy atom. The Morgan fingerprint density at radius 2 is 1.96 bits per heavy atom. The van der Waals surface area contributed by atoms with Crippen molar-refractivity contribution in [1.29, 1.82) is 0 Å². The molecule has 0 atom stereocenters. The number of carbonyl (C=O) groups excluding carboxylic acids is 1. The third kappa shape index (κ3) is 4.40. The Bertz CT molecular complexity index is 590. The number of hydrogen-bond acceptors (Lipinski definition) is 4. The third-order valence-corrected chi connectivity index (χ3v) is 4.65. The standard InChI is InChI=1S/C18H25NO5/c1-3-18(8-5-9-18)12-19-17(22)13-6-7-14(24-11-16(20)21)15(10-13)23-4-2/h6-7,10H,3-5,8-9,11-12H2,1-2H3,(H,19,22)(H,20,21). The summed E-state index contributed by atoms with van der Waals surface area (Å²) in [6, 6.07) is 4.78. The lowest BCUT2D eigenvalue weighted by atomic mass is 9.67. The lowest BCUT2D eigenvalue weighted by Gasteiger charge is -2.41. The number of carboxylic acid groups (broad SMARTS) is 1. The second-order valence-corrected chi connectivity index (χ2v) is 6.17. The van der Waals surface area contributed by atoms with Crippen molar-refractivity contribution in [1.82, 2.24) is 5.32 Å². The fraction of sp³-hybridized carbons (Fsp3) is 0.556. The predicted molar refractivity (Wildman–Crippen MR) is 89.7 cm³/mol. The number of amides is 1. The van der Waals surface area contributed by atoms with Crippen LogP contribution in [0.1, 0.15) is 49.9 Å². The van der Waals surface area contributed by atoms with E-state index in [1.54, 1.807) is 18.2 Å². The minimum Gasteiger partial charge on any atom is -0.490 e. The van der Waals surface area contributed by atoms with Gasteiger partial charge in [-0.1, -0.05) is 13.3 Å². The summed E-state index contributed by atoms with van der Waals surface area (Å²) >= 11 is 0. The molecule has 0 aromatic heterocycles. The van der Waals surface area contributed by atoms with Crippen molar-refractivity contribution in [2.24, 2.45) is 5.41 Å². The van der Waals surface area contributed by atoms with Gasteiger partial charge in [0.2, 0.25) is 0 Å². The normalized spacial score (nSPS) is 15.2. The van der Waals surface area contributed by atoms with Crippen molar-refractivity contribution >= 4 is 11.9 Å². The fourth-order valence-corrected chi connectivity index (χ4v) is 2.88. The summed E-state index contributed by atoms with van der Waals surface area (Å²) in [5.74, 6) is -0.523. The average Bonchev–Trinajstić information content (AvgIpc) is 2.53. The van der Waals surface area contributed by atoms with Gasteiger partial charge in [-0.05, 0) is 49.8 Å². The van der Waals surface area contributed by atoms with Crippen molar-refractivity contribution in [3.63, 3.8) is 0 Å². The first kappa shape index (κ1) is 18.1. The molecule has 6 heteroatoms. The molecule has 0 unspecified atom stereocenters. The van der Waals surface area contributed by atoms with Crippen LogP contribution in [0.15, 0.2) is 18.2 Å². The predicted octanol–water partition coefficient (Wildman–Crippen LogP) is 2.86. The van der Waals surface area contributed by atoms with Crippen molar-refractivity contribution in [2.75, 3.05) is 19.8 Å². The Balaban J connectivity index is 2.04. The molecular formula is C18H25NO5. The van der Waals surface area contributed by atoms with Gasteiger partial charge in [-0.25, -0.2) is 4.79 Å². The molecule has 1 aromatic carbocycles. The molecule has 0 spiro atoms. The highest BCUT2D eigenvalue weighted by Crippen LogP contribution is 2.43. The van der Waals surface area contributed by atoms with E-state index in [-0.39, 0.29) is 11.3 Å². The molecule has 24 heavy (non-hydrogen) atoms. The molecular weight excluding hydrogens is 310 g/mol. The van der Waals surface area contributed by atoms with Gasteiger partial charge in [-0.15, -0.1) is 0 Å². The first-order valence-corrected chi connectivity index (χ1v) is 8.39. The van der Waals surface area contributed by atoms with Crippen LogP contribution in [0.5, 0.6) is 11.5 Å². The van der Waals surface area contributed by atoms with Gasteiger partial charge in [-0.2, -0.15) is 0 Å². The quantitative estimate of drug-likeness (QED) is 0.725. The van der Waals surface area contributed by atoms with Crippen LogP contribution < -0.4 is 14.8 Å². The molecule has 1 fully saturated rings. The molecule has 1 amide bonds. The van der Waals surface area contributed by atoms with Crippen LogP contribution in [0.4, 0.5) is 0 Å². The SMILES string of the molecule is CCOc1cc(C(=O)NCC2(CC)CCC2)ccc1OCC(=O)O. The van der Waals surface area contributed by atoms with E-state index < -0.39 is 12.6 Å². The van der Waals surface area contributed by atoms with Crippen molar-refractivity contribution in [3.05, 3.63) is 23.8 Å². The molecule has 0 aliphatic heterocycles. The average molecular weight is 335 g/mol. The Kier molecular flexibility index (Phi) is 6.06. The molecule has 132 valence electrons. The first-order chi connectivity index (χ1) is 11.5. The maximum Gasteiger partial charge on any atom is 0.341 e. The maximum absolute atomic E-state index is 12.4. The number of carbonyl (C=O) groups is 2. The Labute approximate surface area is 142 Å². The van der Waals surface area contributed by atoms with Crippen LogP contribution in [0, 0.1) is 5.41 Å². The minimum absolute atomic E-state index is 0.152. The number of hydrogen-bond donors (Lipinski definition) is 2. The molecule has 1 aromatic rings. The van der Waals surface area contributed by atoms with Gasteiger partial charge in [-0.3, -0.25) is 4.79 Å². The van der Waals surface area contributed by atoms with Gasteiger partial charge < -0.3 is 19.9 Å². The largest absolute Gasteiger partial charge is 0.490 e. The van der Waals surface area contributed by atoms with Crippen LogP contribution in [0.25, 0.3) is 0 Å². The molecule has 1 saturated carbocycles. The van der Waals surface area contributed by atoms with Gasteiger partial charge >= 0.3 is 5.97 Å². The van der Waals surface area contributed by atoms with Gasteiger partial charge in [0, 0.05) is 12.1 Å². The van der Waals surface area contributed by atoms with E-state index in [1.807, 2.05) is 6.92 Å². The Hall–Kier alpha value is -2.24. The fourth-order valence-electron chi connectivity index (χ4n) is 2.88. The molecule has 2 rings (SSSR count). The van der Waals surface area contributed by atoms with Crippen LogP contribution in [0.2, 0.25) is 0 Å². The maximum atomic E-state index is 12.4. The summed E-state index contributed by atoms with van der Waals surface area (Å²) in [6.45, 7) is 4.60. The van der Waals surface area contributed by atoms with Crippen LogP contribution in [0.3, 0.4) is 0 Å². The van der Waals surface area contributed by atoms with Crippen molar-refractivity contribution < 1.29 is 24.2 Å². The van der Waals surface area contributed by atoms with Crippen molar-refractivity contribution in [3.8, 4) is 11.5 Å². The second kappa shape index (κ2) is 8.04. The highest BCUT2D eigenvalue weighted by Gasteiger charge is 2.35. The topological polar surface area (TPSA) is 84.9 Å². The van der Waals surface area contributed by atoms with Crippen LogP contribution in [-0.2, 0) is 4.79 Å². The zero-order valence-electron chi connectivity index (χ0n) is 14.3. The number of benzene rings is 1. The van der Waals surface area contributed by atoms with E-state index in [0.29, 0.717) is 30.2 Å². The third-order valence-electron chi connectivity index (χ3n) is 4.65. The summed E-state index contributed by atoms with van der Waals surface area (Å²) in [5.41, 5.74) is 0.731. The van der Waals surface area contributed by atoms with Gasteiger partial charge in [0.25, 0.3) is 5.91 Å². The molecule has 0 saturated heterocycles. The number of nitrogens with one attached hydrogen (secondary N) is 1. The highest BCUT2D eigenvalue weighted by atomic mass is 16.5. The number of rotatable bonds is 9. The van der Waals surface area contributed by atoms with E-state index in [4.69, 9.17) is 14.6 Å². The molecule has 6 nitrogen and oxygen atoms in total. The van der Waals surface area contributed by atoms with Crippen LogP contribution >= 0.6 is 0 Å². The lowest BCUT2D eigenvalue weighted by Crippen LogP contribution is -2.41. The zero-order valence-corrected chi connectivity index (χ0v) is 14.3. The summed E-state index contributed by atoms with van der Waals surface area (Å²) < 4.78 is 10.6. The first-order valence-electron chi connectivity index (χ1n) is 8.39. The van der Waals surface area contributed by atoms with E-state index >= 15 is 0 Å². The minimum atomic E-state index is -1.07. The molecule has 1 aliphatic carbocycles. The van der Waals surface area contributed by atoms with Crippen LogP contribution in [-0.4, -0.2) is 36.7 Å². The molecule has 0 heterocycles. The van der Waals surface area contributed by atoms with Gasteiger partial charge in [0.15, 0.2) is 18.1 Å². The van der Waals surface area contributed by atoms with E-state index in [2.05, 4.69) is 12.2 Å². The van der Waals surface area contributed by atoms with E-state index in [0.717, 1.165) is 19.3 Å². The smallest absolute Gasteiger partial charge is 0.341 e. The number of ether oxygens (including phenoxy) is 2. The van der Waals surface area contributed by atoms with Crippen molar-refractivity contribution in [2.45, 2.75) is 39.5 Å². The summed E-state index contributed by atoms with van der Waals surface area (Å²) in [5, 5.41) is 11.7. The number of carboxylic acids is 1. The second-order valence-electron chi connectivity index (χ2n) is 6.17. The highest BCUT2D eigenvalue weighted by molar-refractivity contribution is 5.94. The molecule has 2 N–H and O–H groups in total. The Morgan fingerprint density at radius 3 is 2.50 bits per heavy atom. The summed E-state index contributed by atoms with van der Waals surface area (Å²) in [4.78, 5) is 23.0. The lowest BCUT2D eigenvalue weighted by molar-refractivity contribution is -0.139. The van der Waals surface area contributed by atoms with Gasteiger partial charge in [0.1, 0.15) is 0 Å². The van der Waals surface area contributed by atoms with E-state index in [1.165, 1.54) is 6.42 Å². The molecule has 0 radical (unpaired) electrons. The molecule has 0 bridgehead atoms. The monoisotopic (exact) mass is 335 g/mol.